The van der Waals surface area contributed by atoms with E-state index in [1.165, 1.54) is 0 Å². The van der Waals surface area contributed by atoms with Gasteiger partial charge in [-0.15, -0.1) is 0 Å². The van der Waals surface area contributed by atoms with Crippen molar-refractivity contribution in [1.82, 2.24) is 4.57 Å². The van der Waals surface area contributed by atoms with E-state index in [-0.39, 0.29) is 10.9 Å². The Bertz CT molecular complexity index is 490. The number of aromatic nitrogens is 1. The molecule has 0 aliphatic heterocycles. The lowest BCUT2D eigenvalue weighted by Crippen LogP contribution is -2.11. The van der Waals surface area contributed by atoms with Gasteiger partial charge in [0.15, 0.2) is 0 Å². The Kier molecular flexibility index (Phi) is 3.17. The van der Waals surface area contributed by atoms with Gasteiger partial charge < -0.3 is 15.0 Å². The Hall–Kier alpha value is -1.78. The number of hydrogen-bond donors (Lipinski definition) is 1. The highest BCUT2D eigenvalue weighted by Gasteiger charge is 2.08. The molecule has 17 heavy (non-hydrogen) atoms. The van der Waals surface area contributed by atoms with E-state index < -0.39 is 0 Å². The van der Waals surface area contributed by atoms with Gasteiger partial charge in [-0.2, -0.15) is 0 Å². The number of nitrogens with zero attached hydrogens (tertiary/aromatic N) is 2. The van der Waals surface area contributed by atoms with Crippen molar-refractivity contribution in [1.29, 1.82) is 0 Å². The summed E-state index contributed by atoms with van der Waals surface area (Å²) in [6.45, 7) is 4.09. The number of rotatable bonds is 3. The van der Waals surface area contributed by atoms with Crippen LogP contribution < -0.4 is 5.23 Å². The smallest absolute Gasteiger partial charge is 0.0752 e. The third-order valence-corrected chi connectivity index (χ3v) is 2.75. The van der Waals surface area contributed by atoms with E-state index in [0.29, 0.717) is 11.6 Å². The highest BCUT2D eigenvalue weighted by atomic mass is 16.8. The fraction of sp³-hybridized carbons (Fsp3) is 0.231. The molecule has 2 rings (SSSR count). The lowest BCUT2D eigenvalue weighted by molar-refractivity contribution is 0.296. The van der Waals surface area contributed by atoms with Gasteiger partial charge in [-0.3, -0.25) is 5.21 Å². The first-order valence-electron chi connectivity index (χ1n) is 5.53. The predicted octanol–water partition coefficient (Wildman–Crippen LogP) is 3.29. The minimum absolute atomic E-state index is 0.0821. The summed E-state index contributed by atoms with van der Waals surface area (Å²) < 4.78 is 1.79. The van der Waals surface area contributed by atoms with E-state index in [4.69, 9.17) is 0 Å². The summed E-state index contributed by atoms with van der Waals surface area (Å²) in [5, 5.41) is 20.3. The van der Waals surface area contributed by atoms with Gasteiger partial charge in [0.2, 0.25) is 0 Å². The van der Waals surface area contributed by atoms with Crippen molar-refractivity contribution < 1.29 is 5.21 Å². The first-order valence-corrected chi connectivity index (χ1v) is 5.53. The third-order valence-electron chi connectivity index (χ3n) is 2.75. The average Bonchev–Trinajstić information content (AvgIpc) is 2.81. The molecule has 1 aromatic heterocycles. The van der Waals surface area contributed by atoms with Crippen molar-refractivity contribution in [3.8, 4) is 5.69 Å². The molecule has 0 saturated carbocycles. The van der Waals surface area contributed by atoms with Gasteiger partial charge in [-0.05, 0) is 35.7 Å². The maximum Gasteiger partial charge on any atom is 0.0752 e. The molecule has 4 nitrogen and oxygen atoms in total. The normalized spacial score (nSPS) is 10.9. The minimum Gasteiger partial charge on any atom is -0.733 e. The number of benzene rings is 1. The Morgan fingerprint density at radius 1 is 1.24 bits per heavy atom. The van der Waals surface area contributed by atoms with Gasteiger partial charge in [-0.25, -0.2) is 0 Å². The van der Waals surface area contributed by atoms with Gasteiger partial charge in [0.1, 0.15) is 0 Å². The fourth-order valence-electron chi connectivity index (χ4n) is 1.77. The molecule has 4 heteroatoms. The van der Waals surface area contributed by atoms with Crippen molar-refractivity contribution in [3.05, 3.63) is 53.5 Å². The second kappa shape index (κ2) is 4.61. The van der Waals surface area contributed by atoms with Crippen molar-refractivity contribution in [2.45, 2.75) is 19.8 Å². The predicted molar refractivity (Wildman–Crippen MR) is 67.5 cm³/mol. The zero-order valence-corrected chi connectivity index (χ0v) is 9.87. The van der Waals surface area contributed by atoms with E-state index >= 15 is 0 Å². The van der Waals surface area contributed by atoms with Crippen molar-refractivity contribution in [3.63, 3.8) is 0 Å². The molecule has 0 saturated heterocycles. The van der Waals surface area contributed by atoms with Crippen LogP contribution in [0.25, 0.3) is 5.69 Å². The summed E-state index contributed by atoms with van der Waals surface area (Å²) in [7, 11) is 0. The van der Waals surface area contributed by atoms with Gasteiger partial charge in [0, 0.05) is 12.4 Å². The van der Waals surface area contributed by atoms with Crippen LogP contribution in [0, 0.1) is 5.21 Å². The van der Waals surface area contributed by atoms with Gasteiger partial charge in [0.05, 0.1) is 11.4 Å². The molecule has 0 aliphatic carbocycles. The second-order valence-corrected chi connectivity index (χ2v) is 4.27. The van der Waals surface area contributed by atoms with Crippen LogP contribution in [0.3, 0.4) is 0 Å². The molecule has 0 radical (unpaired) electrons. The summed E-state index contributed by atoms with van der Waals surface area (Å²) in [6.07, 6.45) is 3.66. The molecular formula is C13H15N2O2-. The molecule has 0 aliphatic rings. The van der Waals surface area contributed by atoms with Crippen LogP contribution in [-0.4, -0.2) is 9.77 Å². The second-order valence-electron chi connectivity index (χ2n) is 4.27. The monoisotopic (exact) mass is 231 g/mol. The number of hydrogen-bond acceptors (Lipinski definition) is 3. The molecular weight excluding hydrogens is 216 g/mol. The lowest BCUT2D eigenvalue weighted by Gasteiger charge is -2.26. The minimum atomic E-state index is -0.0821. The largest absolute Gasteiger partial charge is 0.733 e. The van der Waals surface area contributed by atoms with E-state index in [2.05, 4.69) is 0 Å². The van der Waals surface area contributed by atoms with Crippen LogP contribution >= 0.6 is 0 Å². The first-order chi connectivity index (χ1) is 8.09. The Morgan fingerprint density at radius 2 is 1.88 bits per heavy atom. The molecule has 0 fully saturated rings. The molecule has 0 spiro atoms. The quantitative estimate of drug-likeness (QED) is 0.824. The van der Waals surface area contributed by atoms with Crippen molar-refractivity contribution in [2.75, 3.05) is 5.23 Å². The average molecular weight is 231 g/mol. The fourth-order valence-corrected chi connectivity index (χ4v) is 1.77. The molecule has 0 unspecified atom stereocenters. The lowest BCUT2D eigenvalue weighted by atomic mass is 10.0. The molecule has 1 N–H and O–H groups in total. The summed E-state index contributed by atoms with van der Waals surface area (Å²) in [5.41, 5.74) is 1.94. The highest BCUT2D eigenvalue weighted by Crippen LogP contribution is 2.27. The third kappa shape index (κ3) is 2.33. The van der Waals surface area contributed by atoms with E-state index in [1.807, 2.05) is 50.5 Å². The van der Waals surface area contributed by atoms with E-state index in [1.54, 1.807) is 10.6 Å². The molecule has 1 aromatic carbocycles. The summed E-state index contributed by atoms with van der Waals surface area (Å²) in [4.78, 5) is 0. The molecule has 0 bridgehead atoms. The van der Waals surface area contributed by atoms with E-state index in [9.17, 15) is 10.4 Å². The van der Waals surface area contributed by atoms with Crippen LogP contribution in [-0.2, 0) is 0 Å². The zero-order chi connectivity index (χ0) is 12.4. The zero-order valence-electron chi connectivity index (χ0n) is 9.87. The summed E-state index contributed by atoms with van der Waals surface area (Å²) in [6, 6.07) is 9.26. The molecule has 1 heterocycles. The van der Waals surface area contributed by atoms with Gasteiger partial charge in [0.25, 0.3) is 0 Å². The topological polar surface area (TPSA) is 51.5 Å². The number of anilines is 1. The standard InChI is InChI=1S/C13H15N2O2/c1-10(2)11-5-6-12(13(9-11)15(16)17)14-7-3-4-8-14/h3-10,16H,1-2H3/q-1. The SMILES string of the molecule is CC(C)c1ccc(-n2cccc2)c(N([O-])O)c1. The maximum atomic E-state index is 11.2. The van der Waals surface area contributed by atoms with Crippen LogP contribution in [0.5, 0.6) is 0 Å². The molecule has 2 aromatic rings. The Labute approximate surface area is 100 Å². The van der Waals surface area contributed by atoms with E-state index in [0.717, 1.165) is 5.56 Å². The highest BCUT2D eigenvalue weighted by molar-refractivity contribution is 5.63. The maximum absolute atomic E-state index is 11.2. The van der Waals surface area contributed by atoms with Crippen LogP contribution in [0.2, 0.25) is 0 Å². The van der Waals surface area contributed by atoms with Crippen LogP contribution in [0.4, 0.5) is 5.69 Å². The van der Waals surface area contributed by atoms with Crippen molar-refractivity contribution >= 4 is 5.69 Å². The van der Waals surface area contributed by atoms with Crippen LogP contribution in [0.1, 0.15) is 25.3 Å². The van der Waals surface area contributed by atoms with Crippen molar-refractivity contribution in [2.24, 2.45) is 0 Å². The molecule has 0 atom stereocenters. The molecule has 0 amide bonds. The summed E-state index contributed by atoms with van der Waals surface area (Å²) >= 11 is 0. The van der Waals surface area contributed by atoms with Gasteiger partial charge in [-0.1, -0.05) is 19.9 Å². The van der Waals surface area contributed by atoms with Gasteiger partial charge >= 0.3 is 0 Å². The Balaban J connectivity index is 2.53. The van der Waals surface area contributed by atoms with Crippen LogP contribution in [0.15, 0.2) is 42.7 Å². The Morgan fingerprint density at radius 3 is 2.41 bits per heavy atom. The summed E-state index contributed by atoms with van der Waals surface area (Å²) in [5.74, 6) is 0.312. The first kappa shape index (κ1) is 11.7. The molecule has 90 valence electrons.